The molecule has 3 aromatic rings. The lowest BCUT2D eigenvalue weighted by Crippen LogP contribution is -2.49. The first-order valence-electron chi connectivity index (χ1n) is 8.98. The molecule has 4 rings (SSSR count). The second-order valence-electron chi connectivity index (χ2n) is 6.65. The van der Waals surface area contributed by atoms with E-state index in [0.29, 0.717) is 18.8 Å². The van der Waals surface area contributed by atoms with E-state index in [9.17, 15) is 9.18 Å². The highest BCUT2D eigenvalue weighted by Crippen LogP contribution is 2.35. The fraction of sp³-hybridized carbons (Fsp3) is 0.300. The van der Waals surface area contributed by atoms with E-state index in [1.54, 1.807) is 23.5 Å². The molecule has 0 aliphatic carbocycles. The van der Waals surface area contributed by atoms with Gasteiger partial charge in [-0.05, 0) is 42.8 Å². The summed E-state index contributed by atoms with van der Waals surface area (Å²) in [4.78, 5) is 22.3. The van der Waals surface area contributed by atoms with Gasteiger partial charge in [0.1, 0.15) is 5.82 Å². The van der Waals surface area contributed by atoms with Crippen LogP contribution in [0.4, 0.5) is 9.52 Å². The van der Waals surface area contributed by atoms with E-state index in [2.05, 4.69) is 4.90 Å². The summed E-state index contributed by atoms with van der Waals surface area (Å²) in [6.07, 6.45) is 0. The Balaban J connectivity index is 1.35. The normalized spacial score (nSPS) is 14.7. The fourth-order valence-corrected chi connectivity index (χ4v) is 5.31. The van der Waals surface area contributed by atoms with Gasteiger partial charge < -0.3 is 9.80 Å². The maximum Gasteiger partial charge on any atom is 0.233 e. The minimum absolute atomic E-state index is 0.108. The fourth-order valence-electron chi connectivity index (χ4n) is 3.14. The summed E-state index contributed by atoms with van der Waals surface area (Å²) in [5.74, 6) is 0.206. The number of thioether (sulfide) groups is 1. The van der Waals surface area contributed by atoms with Crippen LogP contribution in [0.2, 0.25) is 5.02 Å². The number of thiazole rings is 1. The van der Waals surface area contributed by atoms with Crippen LogP contribution in [0.3, 0.4) is 0 Å². The summed E-state index contributed by atoms with van der Waals surface area (Å²) in [5.41, 5.74) is 2.08. The summed E-state index contributed by atoms with van der Waals surface area (Å²) >= 11 is 9.36. The van der Waals surface area contributed by atoms with Crippen LogP contribution >= 0.6 is 34.7 Å². The number of hydrogen-bond donors (Lipinski definition) is 0. The molecule has 1 aromatic heterocycles. The lowest BCUT2D eigenvalue weighted by atomic mass is 10.2. The third-order valence-corrected chi connectivity index (χ3v) is 7.34. The number of anilines is 1. The molecule has 0 atom stereocenters. The van der Waals surface area contributed by atoms with Crippen molar-refractivity contribution in [3.8, 4) is 0 Å². The molecule has 1 aliphatic heterocycles. The molecule has 0 spiro atoms. The van der Waals surface area contributed by atoms with Crippen LogP contribution in [-0.4, -0.2) is 47.7 Å². The molecule has 2 heterocycles. The second kappa shape index (κ2) is 8.27. The SMILES string of the molecule is Cc1ccc(Cl)c2sc(N3CCN(C(=O)CSc4ccc(F)cc4)CC3)nc12. The molecule has 8 heteroatoms. The number of rotatable bonds is 4. The molecular weight excluding hydrogens is 417 g/mol. The lowest BCUT2D eigenvalue weighted by molar-refractivity contribution is -0.128. The van der Waals surface area contributed by atoms with Gasteiger partial charge in [-0.2, -0.15) is 0 Å². The number of carbonyl (C=O) groups excluding carboxylic acids is 1. The highest BCUT2D eigenvalue weighted by molar-refractivity contribution is 8.00. The maximum absolute atomic E-state index is 13.0. The Bertz CT molecular complexity index is 962. The lowest BCUT2D eigenvalue weighted by Gasteiger charge is -2.34. The Morgan fingerprint density at radius 3 is 2.57 bits per heavy atom. The number of aromatic nitrogens is 1. The molecule has 28 heavy (non-hydrogen) atoms. The van der Waals surface area contributed by atoms with E-state index in [4.69, 9.17) is 16.6 Å². The molecule has 1 aliphatic rings. The van der Waals surface area contributed by atoms with Gasteiger partial charge in [0.25, 0.3) is 0 Å². The van der Waals surface area contributed by atoms with Crippen molar-refractivity contribution in [3.05, 3.63) is 52.8 Å². The van der Waals surface area contributed by atoms with E-state index < -0.39 is 0 Å². The third kappa shape index (κ3) is 4.11. The number of nitrogens with zero attached hydrogens (tertiary/aromatic N) is 3. The molecule has 1 amide bonds. The van der Waals surface area contributed by atoms with Crippen molar-refractivity contribution in [2.75, 3.05) is 36.8 Å². The highest BCUT2D eigenvalue weighted by Gasteiger charge is 2.23. The third-order valence-electron chi connectivity index (χ3n) is 4.76. The summed E-state index contributed by atoms with van der Waals surface area (Å²) < 4.78 is 14.0. The van der Waals surface area contributed by atoms with E-state index >= 15 is 0 Å². The second-order valence-corrected chi connectivity index (χ2v) is 9.08. The van der Waals surface area contributed by atoms with Gasteiger partial charge in [0.05, 0.1) is 21.0 Å². The van der Waals surface area contributed by atoms with Crippen LogP contribution in [-0.2, 0) is 4.79 Å². The maximum atomic E-state index is 13.0. The van der Waals surface area contributed by atoms with Crippen molar-refractivity contribution in [3.63, 3.8) is 0 Å². The van der Waals surface area contributed by atoms with Gasteiger partial charge in [0.15, 0.2) is 5.13 Å². The monoisotopic (exact) mass is 435 g/mol. The van der Waals surface area contributed by atoms with Crippen molar-refractivity contribution in [1.82, 2.24) is 9.88 Å². The zero-order valence-electron chi connectivity index (χ0n) is 15.3. The Kier molecular flexibility index (Phi) is 5.75. The number of amides is 1. The van der Waals surface area contributed by atoms with Gasteiger partial charge in [-0.25, -0.2) is 9.37 Å². The average molecular weight is 436 g/mol. The summed E-state index contributed by atoms with van der Waals surface area (Å²) in [7, 11) is 0. The number of benzene rings is 2. The van der Waals surface area contributed by atoms with Gasteiger partial charge >= 0.3 is 0 Å². The van der Waals surface area contributed by atoms with Crippen LogP contribution in [0.15, 0.2) is 41.3 Å². The molecule has 0 saturated carbocycles. The molecule has 4 nitrogen and oxygen atoms in total. The number of piperazine rings is 1. The van der Waals surface area contributed by atoms with Crippen LogP contribution in [0.25, 0.3) is 10.2 Å². The quantitative estimate of drug-likeness (QED) is 0.549. The summed E-state index contributed by atoms with van der Waals surface area (Å²) in [6.45, 7) is 4.89. The van der Waals surface area contributed by atoms with E-state index in [-0.39, 0.29) is 11.7 Å². The minimum atomic E-state index is -0.266. The zero-order chi connectivity index (χ0) is 19.7. The number of hydrogen-bond acceptors (Lipinski definition) is 5. The minimum Gasteiger partial charge on any atom is -0.345 e. The van der Waals surface area contributed by atoms with Crippen molar-refractivity contribution in [2.24, 2.45) is 0 Å². The Labute approximate surface area is 176 Å². The van der Waals surface area contributed by atoms with Crippen molar-refractivity contribution >= 4 is 56.0 Å². The molecule has 1 saturated heterocycles. The van der Waals surface area contributed by atoms with Crippen LogP contribution in [0.5, 0.6) is 0 Å². The number of fused-ring (bicyclic) bond motifs is 1. The Morgan fingerprint density at radius 2 is 1.89 bits per heavy atom. The first-order chi connectivity index (χ1) is 13.5. The largest absolute Gasteiger partial charge is 0.345 e. The smallest absolute Gasteiger partial charge is 0.233 e. The Morgan fingerprint density at radius 1 is 1.18 bits per heavy atom. The standard InChI is InChI=1S/C20H19ClFN3OS2/c1-13-2-7-16(21)19-18(13)23-20(28-19)25-10-8-24(9-11-25)17(26)12-27-15-5-3-14(22)4-6-15/h2-7H,8-12H2,1H3. The predicted molar refractivity (Wildman–Crippen MR) is 115 cm³/mol. The van der Waals surface area contributed by atoms with E-state index in [1.807, 2.05) is 24.0 Å². The van der Waals surface area contributed by atoms with E-state index in [0.717, 1.165) is 43.9 Å². The zero-order valence-corrected chi connectivity index (χ0v) is 17.7. The first kappa shape index (κ1) is 19.5. The number of carbonyl (C=O) groups is 1. The highest BCUT2D eigenvalue weighted by atomic mass is 35.5. The molecule has 2 aromatic carbocycles. The van der Waals surface area contributed by atoms with Crippen LogP contribution in [0, 0.1) is 12.7 Å². The average Bonchev–Trinajstić information content (AvgIpc) is 3.17. The molecule has 0 N–H and O–H groups in total. The molecule has 0 unspecified atom stereocenters. The van der Waals surface area contributed by atoms with Gasteiger partial charge in [-0.3, -0.25) is 4.79 Å². The molecule has 146 valence electrons. The van der Waals surface area contributed by atoms with Crippen molar-refractivity contribution in [2.45, 2.75) is 11.8 Å². The van der Waals surface area contributed by atoms with Crippen molar-refractivity contribution in [1.29, 1.82) is 0 Å². The number of aryl methyl sites for hydroxylation is 1. The van der Waals surface area contributed by atoms with Crippen LogP contribution in [0.1, 0.15) is 5.56 Å². The van der Waals surface area contributed by atoms with Crippen LogP contribution < -0.4 is 4.90 Å². The first-order valence-corrected chi connectivity index (χ1v) is 11.2. The predicted octanol–water partition coefficient (Wildman–Crippen LogP) is 4.84. The van der Waals surface area contributed by atoms with Crippen molar-refractivity contribution < 1.29 is 9.18 Å². The van der Waals surface area contributed by atoms with Gasteiger partial charge in [0.2, 0.25) is 5.91 Å². The summed E-state index contributed by atoms with van der Waals surface area (Å²) in [6, 6.07) is 10.1. The molecule has 0 bridgehead atoms. The topological polar surface area (TPSA) is 36.4 Å². The number of halogens is 2. The Hall–Kier alpha value is -1.83. The van der Waals surface area contributed by atoms with Gasteiger partial charge in [-0.1, -0.05) is 29.0 Å². The van der Waals surface area contributed by atoms with Gasteiger partial charge in [0, 0.05) is 31.1 Å². The molecule has 1 fully saturated rings. The van der Waals surface area contributed by atoms with Gasteiger partial charge in [-0.15, -0.1) is 11.8 Å². The molecular formula is C20H19ClFN3OS2. The molecule has 0 radical (unpaired) electrons. The van der Waals surface area contributed by atoms with E-state index in [1.165, 1.54) is 23.9 Å². The summed E-state index contributed by atoms with van der Waals surface area (Å²) in [5, 5.41) is 1.69.